The summed E-state index contributed by atoms with van der Waals surface area (Å²) in [5, 5.41) is 7.93. The Bertz CT molecular complexity index is 244. The van der Waals surface area contributed by atoms with E-state index < -0.39 is 0 Å². The van der Waals surface area contributed by atoms with Crippen LogP contribution in [0.2, 0.25) is 5.28 Å². The quantitative estimate of drug-likeness (QED) is 0.728. The molecule has 0 aliphatic rings. The van der Waals surface area contributed by atoms with Gasteiger partial charge in [-0.25, -0.2) is 0 Å². The Kier molecular flexibility index (Phi) is 3.09. The molecule has 1 atom stereocenters. The summed E-state index contributed by atoms with van der Waals surface area (Å²) in [7, 11) is 0. The zero-order valence-electron chi connectivity index (χ0n) is 7.66. The van der Waals surface area contributed by atoms with Crippen LogP contribution in [-0.2, 0) is 0 Å². The molecule has 0 amide bonds. The van der Waals surface area contributed by atoms with Crippen molar-refractivity contribution in [2.75, 3.05) is 0 Å². The summed E-state index contributed by atoms with van der Waals surface area (Å²) in [6, 6.07) is 0.382. The molecule has 1 unspecified atom stereocenters. The minimum Gasteiger partial charge on any atom is -0.302 e. The first-order valence-electron chi connectivity index (χ1n) is 4.16. The molecule has 0 saturated carbocycles. The van der Waals surface area contributed by atoms with Gasteiger partial charge in [0.15, 0.2) is 0 Å². The van der Waals surface area contributed by atoms with E-state index in [9.17, 15) is 0 Å². The molecule has 1 aromatic heterocycles. The molecule has 0 radical (unpaired) electrons. The molecule has 1 heterocycles. The third-order valence-electron chi connectivity index (χ3n) is 1.82. The number of hydrogen-bond donors (Lipinski definition) is 0. The van der Waals surface area contributed by atoms with Crippen molar-refractivity contribution < 1.29 is 0 Å². The monoisotopic (exact) mass is 187 g/mol. The average molecular weight is 188 g/mol. The van der Waals surface area contributed by atoms with Crippen LogP contribution in [0.1, 0.15) is 33.2 Å². The van der Waals surface area contributed by atoms with Gasteiger partial charge in [-0.2, -0.15) is 0 Å². The highest BCUT2D eigenvalue weighted by molar-refractivity contribution is 6.28. The van der Waals surface area contributed by atoms with Gasteiger partial charge in [-0.3, -0.25) is 0 Å². The van der Waals surface area contributed by atoms with Crippen LogP contribution in [0, 0.1) is 5.92 Å². The number of aromatic nitrogens is 3. The molecule has 0 spiro atoms. The van der Waals surface area contributed by atoms with E-state index in [1.165, 1.54) is 0 Å². The summed E-state index contributed by atoms with van der Waals surface area (Å²) in [5.41, 5.74) is 0. The van der Waals surface area contributed by atoms with Crippen molar-refractivity contribution in [1.29, 1.82) is 0 Å². The predicted molar refractivity (Wildman–Crippen MR) is 49.2 cm³/mol. The molecule has 0 bridgehead atoms. The molecule has 0 saturated heterocycles. The molecule has 12 heavy (non-hydrogen) atoms. The lowest BCUT2D eigenvalue weighted by Gasteiger charge is -2.14. The van der Waals surface area contributed by atoms with Crippen molar-refractivity contribution in [2.45, 2.75) is 33.2 Å². The summed E-state index contributed by atoms with van der Waals surface area (Å²) in [6.07, 6.45) is 2.77. The standard InChI is InChI=1S/C8H14ClN3/c1-6(2)4-7(3)12-5-10-11-8(12)9/h5-7H,4H2,1-3H3. The highest BCUT2D eigenvalue weighted by Gasteiger charge is 2.10. The van der Waals surface area contributed by atoms with Crippen LogP contribution in [0.5, 0.6) is 0 Å². The molecule has 0 fully saturated rings. The third kappa shape index (κ3) is 2.21. The lowest BCUT2D eigenvalue weighted by Crippen LogP contribution is -2.07. The van der Waals surface area contributed by atoms with E-state index in [0.29, 0.717) is 17.2 Å². The fourth-order valence-electron chi connectivity index (χ4n) is 1.32. The lowest BCUT2D eigenvalue weighted by atomic mass is 10.1. The SMILES string of the molecule is CC(C)CC(C)n1cnnc1Cl. The molecule has 0 N–H and O–H groups in total. The molecule has 68 valence electrons. The van der Waals surface area contributed by atoms with Crippen molar-refractivity contribution in [1.82, 2.24) is 14.8 Å². The first kappa shape index (κ1) is 9.52. The molecule has 0 aliphatic heterocycles. The topological polar surface area (TPSA) is 30.7 Å². The maximum Gasteiger partial charge on any atom is 0.225 e. The summed E-state index contributed by atoms with van der Waals surface area (Å²) < 4.78 is 1.89. The highest BCUT2D eigenvalue weighted by atomic mass is 35.5. The minimum absolute atomic E-state index is 0.382. The van der Waals surface area contributed by atoms with Gasteiger partial charge in [0.05, 0.1) is 0 Å². The second-order valence-corrected chi connectivity index (χ2v) is 3.82. The van der Waals surface area contributed by atoms with E-state index in [4.69, 9.17) is 11.6 Å². The molecule has 0 aliphatic carbocycles. The Hall–Kier alpha value is -0.570. The number of halogens is 1. The van der Waals surface area contributed by atoms with Gasteiger partial charge >= 0.3 is 0 Å². The van der Waals surface area contributed by atoms with Crippen molar-refractivity contribution in [3.63, 3.8) is 0 Å². The van der Waals surface area contributed by atoms with Gasteiger partial charge in [0.1, 0.15) is 6.33 Å². The molecule has 3 nitrogen and oxygen atoms in total. The van der Waals surface area contributed by atoms with Gasteiger partial charge < -0.3 is 4.57 Å². The van der Waals surface area contributed by atoms with E-state index in [-0.39, 0.29) is 0 Å². The normalized spacial score (nSPS) is 13.8. The Morgan fingerprint density at radius 3 is 2.58 bits per heavy atom. The van der Waals surface area contributed by atoms with E-state index in [0.717, 1.165) is 6.42 Å². The Balaban J connectivity index is 2.65. The highest BCUT2D eigenvalue weighted by Crippen LogP contribution is 2.19. The van der Waals surface area contributed by atoms with Gasteiger partial charge in [0.25, 0.3) is 0 Å². The summed E-state index contributed by atoms with van der Waals surface area (Å²) >= 11 is 5.81. The fourth-order valence-corrected chi connectivity index (χ4v) is 1.57. The van der Waals surface area contributed by atoms with Gasteiger partial charge in [-0.05, 0) is 30.9 Å². The van der Waals surface area contributed by atoms with Crippen LogP contribution in [0.3, 0.4) is 0 Å². The van der Waals surface area contributed by atoms with Gasteiger partial charge in [-0.15, -0.1) is 10.2 Å². The van der Waals surface area contributed by atoms with Crippen LogP contribution in [0.25, 0.3) is 0 Å². The molecular formula is C8H14ClN3. The third-order valence-corrected chi connectivity index (χ3v) is 2.09. The number of nitrogens with zero attached hydrogens (tertiary/aromatic N) is 3. The maximum atomic E-state index is 5.81. The van der Waals surface area contributed by atoms with Gasteiger partial charge in [-0.1, -0.05) is 13.8 Å². The predicted octanol–water partition coefficient (Wildman–Crippen LogP) is 2.54. The zero-order chi connectivity index (χ0) is 9.14. The second kappa shape index (κ2) is 3.90. The van der Waals surface area contributed by atoms with E-state index in [2.05, 4.69) is 31.0 Å². The van der Waals surface area contributed by atoms with Gasteiger partial charge in [0.2, 0.25) is 5.28 Å². The lowest BCUT2D eigenvalue weighted by molar-refractivity contribution is 0.427. The fraction of sp³-hybridized carbons (Fsp3) is 0.750. The van der Waals surface area contributed by atoms with Crippen LogP contribution >= 0.6 is 11.6 Å². The van der Waals surface area contributed by atoms with Crippen LogP contribution in [-0.4, -0.2) is 14.8 Å². The Labute approximate surface area is 77.8 Å². The Morgan fingerprint density at radius 1 is 1.50 bits per heavy atom. The van der Waals surface area contributed by atoms with Crippen LogP contribution in [0.15, 0.2) is 6.33 Å². The first-order valence-corrected chi connectivity index (χ1v) is 4.54. The smallest absolute Gasteiger partial charge is 0.225 e. The minimum atomic E-state index is 0.382. The zero-order valence-corrected chi connectivity index (χ0v) is 8.41. The van der Waals surface area contributed by atoms with Crippen molar-refractivity contribution in [2.24, 2.45) is 5.92 Å². The Morgan fingerprint density at radius 2 is 2.17 bits per heavy atom. The van der Waals surface area contributed by atoms with E-state index in [1.807, 2.05) is 4.57 Å². The molecular weight excluding hydrogens is 174 g/mol. The van der Waals surface area contributed by atoms with Crippen molar-refractivity contribution in [3.8, 4) is 0 Å². The van der Waals surface area contributed by atoms with E-state index >= 15 is 0 Å². The molecule has 0 aromatic carbocycles. The summed E-state index contributed by atoms with van der Waals surface area (Å²) in [4.78, 5) is 0. The van der Waals surface area contributed by atoms with E-state index in [1.54, 1.807) is 6.33 Å². The first-order chi connectivity index (χ1) is 5.61. The molecule has 1 rings (SSSR count). The van der Waals surface area contributed by atoms with Crippen molar-refractivity contribution in [3.05, 3.63) is 11.6 Å². The maximum absolute atomic E-state index is 5.81. The van der Waals surface area contributed by atoms with Gasteiger partial charge in [0, 0.05) is 6.04 Å². The van der Waals surface area contributed by atoms with Crippen LogP contribution < -0.4 is 0 Å². The summed E-state index contributed by atoms with van der Waals surface area (Å²) in [6.45, 7) is 6.50. The molecule has 4 heteroatoms. The van der Waals surface area contributed by atoms with Crippen molar-refractivity contribution >= 4 is 11.6 Å². The van der Waals surface area contributed by atoms with Crippen LogP contribution in [0.4, 0.5) is 0 Å². The molecule has 1 aromatic rings. The summed E-state index contributed by atoms with van der Waals surface area (Å²) in [5.74, 6) is 0.665. The number of hydrogen-bond acceptors (Lipinski definition) is 2. The average Bonchev–Trinajstić information content (AvgIpc) is 2.33. The second-order valence-electron chi connectivity index (χ2n) is 3.49. The largest absolute Gasteiger partial charge is 0.302 e. The number of rotatable bonds is 3.